The zero-order valence-corrected chi connectivity index (χ0v) is 12.2. The van der Waals surface area contributed by atoms with Gasteiger partial charge in [0.25, 0.3) is 0 Å². The van der Waals surface area contributed by atoms with Gasteiger partial charge in [0.1, 0.15) is 5.82 Å². The van der Waals surface area contributed by atoms with Crippen molar-refractivity contribution in [3.8, 4) is 0 Å². The van der Waals surface area contributed by atoms with Crippen LogP contribution in [-0.2, 0) is 6.54 Å². The maximum Gasteiger partial charge on any atom is 0.137 e. The molecule has 17 heavy (non-hydrogen) atoms. The first-order chi connectivity index (χ1) is 7.66. The van der Waals surface area contributed by atoms with Crippen molar-refractivity contribution in [3.05, 3.63) is 34.1 Å². The van der Waals surface area contributed by atoms with E-state index >= 15 is 0 Å². The average molecular weight is 324 g/mol. The Morgan fingerprint density at radius 2 is 2.29 bits per heavy atom. The van der Waals surface area contributed by atoms with Gasteiger partial charge in [0, 0.05) is 32.2 Å². The van der Waals surface area contributed by atoms with Crippen LogP contribution in [0, 0.1) is 5.82 Å². The minimum Gasteiger partial charge on any atom is -0.314 e. The summed E-state index contributed by atoms with van der Waals surface area (Å²) in [5.41, 5.74) is 1.04. The number of rotatable bonds is 2. The van der Waals surface area contributed by atoms with E-state index in [-0.39, 0.29) is 18.2 Å². The van der Waals surface area contributed by atoms with Crippen molar-refractivity contribution >= 4 is 28.3 Å². The van der Waals surface area contributed by atoms with Crippen LogP contribution in [0.25, 0.3) is 0 Å². The molecule has 1 aliphatic rings. The maximum absolute atomic E-state index is 13.4. The summed E-state index contributed by atoms with van der Waals surface area (Å²) in [5.74, 6) is -0.180. The molecule has 0 saturated carbocycles. The third kappa shape index (κ3) is 3.91. The van der Waals surface area contributed by atoms with Gasteiger partial charge < -0.3 is 5.32 Å². The standard InChI is InChI=1S/C12H16BrFN2.ClH/c1-9-7-15-4-5-16(9)8-10-2-3-11(13)12(14)6-10;/h2-3,6,9,15H,4-5,7-8H2,1H3;1H/t9-;/m1./s1. The lowest BCUT2D eigenvalue weighted by atomic mass is 10.1. The molecular weight excluding hydrogens is 307 g/mol. The van der Waals surface area contributed by atoms with Crippen molar-refractivity contribution in [3.63, 3.8) is 0 Å². The van der Waals surface area contributed by atoms with Gasteiger partial charge in [-0.25, -0.2) is 4.39 Å². The van der Waals surface area contributed by atoms with Crippen LogP contribution < -0.4 is 5.32 Å². The number of hydrogen-bond acceptors (Lipinski definition) is 2. The van der Waals surface area contributed by atoms with Gasteiger partial charge in [-0.1, -0.05) is 6.07 Å². The predicted molar refractivity (Wildman–Crippen MR) is 74.1 cm³/mol. The molecule has 1 heterocycles. The smallest absolute Gasteiger partial charge is 0.137 e. The van der Waals surface area contributed by atoms with Crippen molar-refractivity contribution < 1.29 is 4.39 Å². The van der Waals surface area contributed by atoms with Gasteiger partial charge >= 0.3 is 0 Å². The Hall–Kier alpha value is -0.160. The fraction of sp³-hybridized carbons (Fsp3) is 0.500. The minimum atomic E-state index is -0.180. The molecule has 5 heteroatoms. The van der Waals surface area contributed by atoms with E-state index in [1.54, 1.807) is 12.1 Å². The highest BCUT2D eigenvalue weighted by atomic mass is 79.9. The molecule has 0 amide bonds. The molecule has 2 nitrogen and oxygen atoms in total. The summed E-state index contributed by atoms with van der Waals surface area (Å²) >= 11 is 3.17. The average Bonchev–Trinajstić information content (AvgIpc) is 2.27. The van der Waals surface area contributed by atoms with E-state index in [1.165, 1.54) is 0 Å². The Morgan fingerprint density at radius 3 is 2.94 bits per heavy atom. The van der Waals surface area contributed by atoms with Crippen LogP contribution in [-0.4, -0.2) is 30.6 Å². The van der Waals surface area contributed by atoms with Crippen LogP contribution in [0.3, 0.4) is 0 Å². The van der Waals surface area contributed by atoms with Crippen LogP contribution in [0.1, 0.15) is 12.5 Å². The molecule has 0 bridgehead atoms. The largest absolute Gasteiger partial charge is 0.314 e. The van der Waals surface area contributed by atoms with Crippen LogP contribution >= 0.6 is 28.3 Å². The Kier molecular flexibility index (Phi) is 5.86. The Balaban J connectivity index is 0.00000144. The van der Waals surface area contributed by atoms with E-state index in [1.807, 2.05) is 6.07 Å². The summed E-state index contributed by atoms with van der Waals surface area (Å²) in [6, 6.07) is 5.87. The highest BCUT2D eigenvalue weighted by Crippen LogP contribution is 2.18. The first kappa shape index (κ1) is 14.9. The molecule has 0 unspecified atom stereocenters. The number of nitrogens with one attached hydrogen (secondary N) is 1. The zero-order valence-electron chi connectivity index (χ0n) is 9.75. The Labute approximate surface area is 116 Å². The lowest BCUT2D eigenvalue weighted by Crippen LogP contribution is -2.49. The Bertz CT molecular complexity index is 376. The number of piperazine rings is 1. The molecule has 2 rings (SSSR count). The second-order valence-electron chi connectivity index (χ2n) is 4.27. The summed E-state index contributed by atoms with van der Waals surface area (Å²) in [7, 11) is 0. The second-order valence-corrected chi connectivity index (χ2v) is 5.13. The van der Waals surface area contributed by atoms with Crippen molar-refractivity contribution in [1.29, 1.82) is 0 Å². The summed E-state index contributed by atoms with van der Waals surface area (Å²) < 4.78 is 13.9. The van der Waals surface area contributed by atoms with Crippen molar-refractivity contribution in [1.82, 2.24) is 10.2 Å². The summed E-state index contributed by atoms with van der Waals surface area (Å²) in [5, 5.41) is 3.35. The molecule has 1 saturated heterocycles. The Morgan fingerprint density at radius 1 is 1.53 bits per heavy atom. The quantitative estimate of drug-likeness (QED) is 0.900. The summed E-state index contributed by atoms with van der Waals surface area (Å²) in [4.78, 5) is 2.37. The monoisotopic (exact) mass is 322 g/mol. The zero-order chi connectivity index (χ0) is 11.5. The van der Waals surface area contributed by atoms with Crippen LogP contribution in [0.4, 0.5) is 4.39 Å². The van der Waals surface area contributed by atoms with Gasteiger partial charge in [-0.2, -0.15) is 0 Å². The first-order valence-electron chi connectivity index (χ1n) is 5.55. The van der Waals surface area contributed by atoms with Crippen molar-refractivity contribution in [2.75, 3.05) is 19.6 Å². The predicted octanol–water partition coefficient (Wildman–Crippen LogP) is 2.80. The lowest BCUT2D eigenvalue weighted by Gasteiger charge is -2.33. The first-order valence-corrected chi connectivity index (χ1v) is 6.35. The van der Waals surface area contributed by atoms with Crippen LogP contribution in [0.2, 0.25) is 0 Å². The number of halogens is 3. The van der Waals surface area contributed by atoms with Gasteiger partial charge in [0.05, 0.1) is 4.47 Å². The highest BCUT2D eigenvalue weighted by Gasteiger charge is 2.17. The molecule has 1 aliphatic heterocycles. The van der Waals surface area contributed by atoms with E-state index in [4.69, 9.17) is 0 Å². The SMILES string of the molecule is C[C@@H]1CNCCN1Cc1ccc(Br)c(F)c1.Cl. The molecule has 0 spiro atoms. The molecule has 1 aromatic rings. The van der Waals surface area contributed by atoms with Gasteiger partial charge in [0.15, 0.2) is 0 Å². The lowest BCUT2D eigenvalue weighted by molar-refractivity contribution is 0.165. The van der Waals surface area contributed by atoms with E-state index in [0.29, 0.717) is 10.5 Å². The van der Waals surface area contributed by atoms with E-state index in [0.717, 1.165) is 31.7 Å². The molecular formula is C12H17BrClFN2. The molecule has 0 aromatic heterocycles. The van der Waals surface area contributed by atoms with Crippen LogP contribution in [0.15, 0.2) is 22.7 Å². The molecule has 1 atom stereocenters. The van der Waals surface area contributed by atoms with Crippen molar-refractivity contribution in [2.45, 2.75) is 19.5 Å². The van der Waals surface area contributed by atoms with Gasteiger partial charge in [-0.05, 0) is 40.5 Å². The van der Waals surface area contributed by atoms with E-state index in [2.05, 4.69) is 33.1 Å². The number of benzene rings is 1. The molecule has 1 fully saturated rings. The third-order valence-corrected chi connectivity index (χ3v) is 3.65. The number of nitrogens with zero attached hydrogens (tertiary/aromatic N) is 1. The minimum absolute atomic E-state index is 0. The summed E-state index contributed by atoms with van der Waals surface area (Å²) in [6.07, 6.45) is 0. The summed E-state index contributed by atoms with van der Waals surface area (Å²) in [6.45, 7) is 6.08. The molecule has 1 aromatic carbocycles. The van der Waals surface area contributed by atoms with Gasteiger partial charge in [-0.15, -0.1) is 12.4 Å². The van der Waals surface area contributed by atoms with Gasteiger partial charge in [-0.3, -0.25) is 4.90 Å². The molecule has 96 valence electrons. The fourth-order valence-corrected chi connectivity index (χ4v) is 2.24. The molecule has 1 N–H and O–H groups in total. The van der Waals surface area contributed by atoms with E-state index in [9.17, 15) is 4.39 Å². The second kappa shape index (κ2) is 6.69. The van der Waals surface area contributed by atoms with Crippen molar-refractivity contribution in [2.24, 2.45) is 0 Å². The molecule has 0 aliphatic carbocycles. The highest BCUT2D eigenvalue weighted by molar-refractivity contribution is 9.10. The fourth-order valence-electron chi connectivity index (χ4n) is 1.99. The van der Waals surface area contributed by atoms with Gasteiger partial charge in [0.2, 0.25) is 0 Å². The topological polar surface area (TPSA) is 15.3 Å². The normalized spacial score (nSPS) is 21.0. The van der Waals surface area contributed by atoms with Crippen LogP contribution in [0.5, 0.6) is 0 Å². The maximum atomic E-state index is 13.4. The van der Waals surface area contributed by atoms with E-state index < -0.39 is 0 Å². The number of hydrogen-bond donors (Lipinski definition) is 1. The molecule has 0 radical (unpaired) electrons. The third-order valence-electron chi connectivity index (χ3n) is 3.01.